The normalized spacial score (nSPS) is 15.3. The van der Waals surface area contributed by atoms with E-state index in [1.165, 1.54) is 0 Å². The predicted octanol–water partition coefficient (Wildman–Crippen LogP) is 2.61. The number of hydrogen-bond acceptors (Lipinski definition) is 4. The largest absolute Gasteiger partial charge is 0.498 e. The molecule has 0 radical (unpaired) electrons. The highest BCUT2D eigenvalue weighted by atomic mass is 31.2. The molecule has 0 amide bonds. The molecule has 1 atom stereocenters. The lowest BCUT2D eigenvalue weighted by molar-refractivity contribution is 0.0666. The van der Waals surface area contributed by atoms with Crippen LogP contribution in [0.2, 0.25) is 6.55 Å². The molecule has 0 aromatic heterocycles. The van der Waals surface area contributed by atoms with E-state index < -0.39 is 15.9 Å². The van der Waals surface area contributed by atoms with E-state index in [-0.39, 0.29) is 5.85 Å². The Morgan fingerprint density at radius 3 is 1.87 bits per heavy atom. The summed E-state index contributed by atoms with van der Waals surface area (Å²) < 4.78 is 28.5. The van der Waals surface area contributed by atoms with Gasteiger partial charge in [0.15, 0.2) is 0 Å². The molecule has 0 aliphatic rings. The Bertz CT molecular complexity index is 222. The average molecular weight is 254 g/mol. The van der Waals surface area contributed by atoms with E-state index >= 15 is 0 Å². The first-order chi connectivity index (χ1) is 6.75. The Morgan fingerprint density at radius 2 is 1.60 bits per heavy atom. The summed E-state index contributed by atoms with van der Waals surface area (Å²) in [4.78, 5) is 0. The van der Waals surface area contributed by atoms with Crippen molar-refractivity contribution in [2.24, 2.45) is 0 Å². The van der Waals surface area contributed by atoms with E-state index in [0.717, 1.165) is 0 Å². The summed E-state index contributed by atoms with van der Waals surface area (Å²) >= 11 is 0. The van der Waals surface area contributed by atoms with Crippen molar-refractivity contribution in [3.8, 4) is 0 Å². The van der Waals surface area contributed by atoms with E-state index in [1.807, 2.05) is 27.3 Å². The lowest BCUT2D eigenvalue weighted by atomic mass is 10.9. The highest BCUT2D eigenvalue weighted by Gasteiger charge is 2.38. The van der Waals surface area contributed by atoms with Gasteiger partial charge >= 0.3 is 8.80 Å². The molecule has 0 rings (SSSR count). The maximum absolute atomic E-state index is 11.8. The summed E-state index contributed by atoms with van der Waals surface area (Å²) in [5, 5.41) is 0. The maximum Gasteiger partial charge on any atom is 0.498 e. The van der Waals surface area contributed by atoms with E-state index in [2.05, 4.69) is 0 Å². The Kier molecular flexibility index (Phi) is 6.29. The molecule has 0 N–H and O–H groups in total. The molecule has 0 fully saturated rings. The van der Waals surface area contributed by atoms with E-state index in [0.29, 0.717) is 13.2 Å². The zero-order chi connectivity index (χ0) is 12.1. The molecular formula is C9H23O4PSi. The fraction of sp³-hybridized carbons (Fsp3) is 1.00. The van der Waals surface area contributed by atoms with Gasteiger partial charge in [-0.2, -0.15) is 0 Å². The first-order valence-electron chi connectivity index (χ1n) is 5.25. The van der Waals surface area contributed by atoms with Gasteiger partial charge in [-0.15, -0.1) is 0 Å². The summed E-state index contributed by atoms with van der Waals surface area (Å²) in [5.74, 6) is -0.313. The minimum Gasteiger partial charge on any atom is -0.374 e. The van der Waals surface area contributed by atoms with Crippen LogP contribution in [0.4, 0.5) is 0 Å². The van der Waals surface area contributed by atoms with Crippen molar-refractivity contribution < 1.29 is 17.8 Å². The summed E-state index contributed by atoms with van der Waals surface area (Å²) in [6, 6.07) is 0. The quantitative estimate of drug-likeness (QED) is 0.517. The van der Waals surface area contributed by atoms with Crippen molar-refractivity contribution in [3.63, 3.8) is 0 Å². The number of rotatable bonds is 7. The van der Waals surface area contributed by atoms with Gasteiger partial charge in [0, 0.05) is 19.8 Å². The van der Waals surface area contributed by atoms with Gasteiger partial charge in [-0.25, -0.2) is 0 Å². The van der Waals surface area contributed by atoms with E-state index in [4.69, 9.17) is 13.3 Å². The fourth-order valence-corrected chi connectivity index (χ4v) is 4.55. The third-order valence-electron chi connectivity index (χ3n) is 2.07. The summed E-state index contributed by atoms with van der Waals surface area (Å²) in [6.45, 7) is 12.0. The second-order valence-electron chi connectivity index (χ2n) is 3.88. The van der Waals surface area contributed by atoms with Crippen molar-refractivity contribution in [2.45, 2.75) is 33.2 Å². The molecule has 0 heterocycles. The third-order valence-corrected chi connectivity index (χ3v) is 6.54. The smallest absolute Gasteiger partial charge is 0.374 e. The minimum absolute atomic E-state index is 0.313. The molecule has 6 heteroatoms. The lowest BCUT2D eigenvalue weighted by Crippen LogP contribution is -2.44. The van der Waals surface area contributed by atoms with Crippen molar-refractivity contribution in [1.82, 2.24) is 0 Å². The summed E-state index contributed by atoms with van der Waals surface area (Å²) in [7, 11) is -4.84. The molecule has 1 unspecified atom stereocenters. The van der Waals surface area contributed by atoms with Crippen molar-refractivity contribution >= 4 is 15.9 Å². The van der Waals surface area contributed by atoms with Crippen LogP contribution in [-0.4, -0.2) is 41.2 Å². The molecule has 0 spiro atoms. The Labute approximate surface area is 94.0 Å². The van der Waals surface area contributed by atoms with Crippen LogP contribution in [-0.2, 0) is 17.8 Å². The van der Waals surface area contributed by atoms with Gasteiger partial charge in [0.25, 0.3) is 0 Å². The molecule has 0 saturated heterocycles. The van der Waals surface area contributed by atoms with Crippen LogP contribution >= 0.6 is 7.14 Å². The molecule has 0 aliphatic carbocycles. The van der Waals surface area contributed by atoms with E-state index in [9.17, 15) is 4.57 Å². The van der Waals surface area contributed by atoms with Gasteiger partial charge < -0.3 is 17.8 Å². The van der Waals surface area contributed by atoms with Crippen LogP contribution in [0, 0.1) is 0 Å². The van der Waals surface area contributed by atoms with Crippen LogP contribution in [0.1, 0.15) is 20.8 Å². The number of hydrogen-bond donors (Lipinski definition) is 0. The van der Waals surface area contributed by atoms with Crippen molar-refractivity contribution in [1.29, 1.82) is 0 Å². The van der Waals surface area contributed by atoms with Crippen molar-refractivity contribution in [3.05, 3.63) is 0 Å². The van der Waals surface area contributed by atoms with Gasteiger partial charge in [0.2, 0.25) is 0 Å². The third kappa shape index (κ3) is 5.83. The first-order valence-corrected chi connectivity index (χ1v) is 10.1. The average Bonchev–Trinajstić information content (AvgIpc) is 2.02. The second-order valence-corrected chi connectivity index (χ2v) is 10.0. The van der Waals surface area contributed by atoms with Crippen molar-refractivity contribution in [2.75, 3.05) is 26.5 Å². The lowest BCUT2D eigenvalue weighted by Gasteiger charge is -2.30. The summed E-state index contributed by atoms with van der Waals surface area (Å²) in [5.41, 5.74) is 0. The highest BCUT2D eigenvalue weighted by molar-refractivity contribution is 7.62. The predicted molar refractivity (Wildman–Crippen MR) is 64.9 cm³/mol. The molecular weight excluding hydrogens is 231 g/mol. The molecule has 0 saturated carbocycles. The first kappa shape index (κ1) is 15.3. The van der Waals surface area contributed by atoms with Gasteiger partial charge in [0.05, 0.1) is 5.85 Å². The van der Waals surface area contributed by atoms with Gasteiger partial charge in [-0.3, -0.25) is 0 Å². The minimum atomic E-state index is -2.59. The van der Waals surface area contributed by atoms with Crippen LogP contribution in [0.15, 0.2) is 0 Å². The SMILES string of the molecule is CCO[Si](C)(OCC)OC(C)P(C)(C)=O. The molecule has 0 aromatic carbocycles. The standard InChI is InChI=1S/C9H23O4PSi/c1-7-11-15(6,12-8-2)13-9(3)14(4,5)10/h9H,7-8H2,1-6H3. The zero-order valence-electron chi connectivity index (χ0n) is 10.6. The van der Waals surface area contributed by atoms with Crippen LogP contribution in [0.5, 0.6) is 0 Å². The second kappa shape index (κ2) is 6.16. The molecule has 0 aliphatic heterocycles. The topological polar surface area (TPSA) is 44.8 Å². The maximum atomic E-state index is 11.8. The Balaban J connectivity index is 4.47. The van der Waals surface area contributed by atoms with Gasteiger partial charge in [-0.1, -0.05) is 0 Å². The molecule has 0 aromatic rings. The highest BCUT2D eigenvalue weighted by Crippen LogP contribution is 2.43. The molecule has 0 bridgehead atoms. The molecule has 4 nitrogen and oxygen atoms in total. The van der Waals surface area contributed by atoms with Crippen LogP contribution < -0.4 is 0 Å². The van der Waals surface area contributed by atoms with Crippen LogP contribution in [0.25, 0.3) is 0 Å². The molecule has 92 valence electrons. The zero-order valence-corrected chi connectivity index (χ0v) is 12.5. The summed E-state index contributed by atoms with van der Waals surface area (Å²) in [6.07, 6.45) is 0. The monoisotopic (exact) mass is 254 g/mol. The Morgan fingerprint density at radius 1 is 1.20 bits per heavy atom. The van der Waals surface area contributed by atoms with Gasteiger partial charge in [0.1, 0.15) is 7.14 Å². The fourth-order valence-electron chi connectivity index (χ4n) is 1.07. The Hall–Kier alpha value is 0.327. The molecule has 15 heavy (non-hydrogen) atoms. The van der Waals surface area contributed by atoms with Crippen LogP contribution in [0.3, 0.4) is 0 Å². The van der Waals surface area contributed by atoms with Gasteiger partial charge in [-0.05, 0) is 34.1 Å². The van der Waals surface area contributed by atoms with E-state index in [1.54, 1.807) is 13.3 Å².